The Balaban J connectivity index is 2.20. The van der Waals surface area contributed by atoms with Crippen molar-refractivity contribution in [1.29, 1.82) is 0 Å². The molecule has 1 N–H and O–H groups in total. The Morgan fingerprint density at radius 2 is 1.71 bits per heavy atom. The molecule has 0 aliphatic heterocycles. The third-order valence-electron chi connectivity index (χ3n) is 5.21. The first-order valence-electron chi connectivity index (χ1n) is 11.3. The molecular formula is C25H33Cl2N3O4S. The van der Waals surface area contributed by atoms with E-state index in [2.05, 4.69) is 5.32 Å². The maximum absolute atomic E-state index is 13.3. The Morgan fingerprint density at radius 3 is 2.29 bits per heavy atom. The zero-order chi connectivity index (χ0) is 26.4. The van der Waals surface area contributed by atoms with Gasteiger partial charge < -0.3 is 10.2 Å². The van der Waals surface area contributed by atoms with Gasteiger partial charge >= 0.3 is 0 Å². The summed E-state index contributed by atoms with van der Waals surface area (Å²) in [6.07, 6.45) is 1.41. The monoisotopic (exact) mass is 541 g/mol. The summed E-state index contributed by atoms with van der Waals surface area (Å²) in [5.41, 5.74) is 0.685. The van der Waals surface area contributed by atoms with Gasteiger partial charge in [-0.1, -0.05) is 47.5 Å². The fraction of sp³-hybridized carbons (Fsp3) is 0.440. The predicted molar refractivity (Wildman–Crippen MR) is 142 cm³/mol. The van der Waals surface area contributed by atoms with Crippen molar-refractivity contribution >= 4 is 50.7 Å². The molecule has 35 heavy (non-hydrogen) atoms. The SMILES string of the molecule is CC(C(=O)NC(C)(C)C)N(Cc1ccccc1Cl)C(=O)CCCN(c1cccc(Cl)c1)S(C)(=O)=O. The normalized spacial score (nSPS) is 12.7. The molecule has 0 aliphatic carbocycles. The van der Waals surface area contributed by atoms with E-state index in [0.717, 1.165) is 11.8 Å². The number of hydrogen-bond acceptors (Lipinski definition) is 4. The summed E-state index contributed by atoms with van der Waals surface area (Å²) in [5.74, 6) is -0.560. The predicted octanol–water partition coefficient (Wildman–Crippen LogP) is 4.87. The zero-order valence-electron chi connectivity index (χ0n) is 20.7. The Labute approximate surface area is 218 Å². The number of nitrogens with zero attached hydrogens (tertiary/aromatic N) is 2. The standard InChI is InChI=1S/C25H33Cl2N3O4S/c1-18(24(32)28-25(2,3)4)29(17-19-10-6-7-13-22(19)27)23(31)14-9-15-30(35(5,33)34)21-12-8-11-20(26)16-21/h6-8,10-13,16,18H,9,14-15,17H2,1-5H3,(H,28,32). The van der Waals surface area contributed by atoms with Crippen LogP contribution in [0.15, 0.2) is 48.5 Å². The second-order valence-electron chi connectivity index (χ2n) is 9.45. The van der Waals surface area contributed by atoms with Crippen molar-refractivity contribution in [1.82, 2.24) is 10.2 Å². The van der Waals surface area contributed by atoms with E-state index in [1.54, 1.807) is 43.3 Å². The van der Waals surface area contributed by atoms with Crippen LogP contribution in [0.25, 0.3) is 0 Å². The molecule has 0 aromatic heterocycles. The van der Waals surface area contributed by atoms with Crippen molar-refractivity contribution in [2.45, 2.75) is 58.7 Å². The molecule has 0 aliphatic rings. The first-order chi connectivity index (χ1) is 16.2. The van der Waals surface area contributed by atoms with Crippen molar-refractivity contribution < 1.29 is 18.0 Å². The van der Waals surface area contributed by atoms with Crippen LogP contribution in [-0.4, -0.2) is 49.5 Å². The third-order valence-corrected chi connectivity index (χ3v) is 7.01. The molecule has 0 radical (unpaired) electrons. The van der Waals surface area contributed by atoms with Gasteiger partial charge in [0.1, 0.15) is 6.04 Å². The van der Waals surface area contributed by atoms with E-state index < -0.39 is 21.6 Å². The maximum Gasteiger partial charge on any atom is 0.242 e. The molecule has 7 nitrogen and oxygen atoms in total. The average Bonchev–Trinajstić information content (AvgIpc) is 2.73. The second kappa shape index (κ2) is 12.1. The highest BCUT2D eigenvalue weighted by atomic mass is 35.5. The van der Waals surface area contributed by atoms with Crippen LogP contribution in [0.2, 0.25) is 10.0 Å². The summed E-state index contributed by atoms with van der Waals surface area (Å²) in [6.45, 7) is 7.52. The lowest BCUT2D eigenvalue weighted by Gasteiger charge is -2.32. The van der Waals surface area contributed by atoms with Crippen LogP contribution in [0, 0.1) is 0 Å². The minimum Gasteiger partial charge on any atom is -0.350 e. The Hall–Kier alpha value is -2.29. The van der Waals surface area contributed by atoms with Crippen molar-refractivity contribution in [3.63, 3.8) is 0 Å². The van der Waals surface area contributed by atoms with E-state index in [1.807, 2.05) is 32.9 Å². The van der Waals surface area contributed by atoms with Gasteiger partial charge in [0.15, 0.2) is 0 Å². The van der Waals surface area contributed by atoms with Gasteiger partial charge in [-0.3, -0.25) is 13.9 Å². The Kier molecular flexibility index (Phi) is 10.0. The summed E-state index contributed by atoms with van der Waals surface area (Å²) >= 11 is 12.4. The fourth-order valence-corrected chi connectivity index (χ4v) is 4.84. The van der Waals surface area contributed by atoms with Gasteiger partial charge in [-0.2, -0.15) is 0 Å². The summed E-state index contributed by atoms with van der Waals surface area (Å²) in [6, 6.07) is 12.9. The lowest BCUT2D eigenvalue weighted by atomic mass is 10.1. The van der Waals surface area contributed by atoms with Crippen LogP contribution < -0.4 is 9.62 Å². The number of amides is 2. The van der Waals surface area contributed by atoms with Gasteiger partial charge in [-0.05, 0) is 63.9 Å². The minimum absolute atomic E-state index is 0.0458. The highest BCUT2D eigenvalue weighted by molar-refractivity contribution is 7.92. The maximum atomic E-state index is 13.3. The van der Waals surface area contributed by atoms with Crippen LogP contribution in [0.5, 0.6) is 0 Å². The van der Waals surface area contributed by atoms with Crippen LogP contribution in [0.3, 0.4) is 0 Å². The molecule has 0 heterocycles. The largest absolute Gasteiger partial charge is 0.350 e. The van der Waals surface area contributed by atoms with E-state index in [4.69, 9.17) is 23.2 Å². The highest BCUT2D eigenvalue weighted by Gasteiger charge is 2.29. The number of anilines is 1. The molecule has 0 saturated heterocycles. The number of nitrogens with one attached hydrogen (secondary N) is 1. The highest BCUT2D eigenvalue weighted by Crippen LogP contribution is 2.23. The summed E-state index contributed by atoms with van der Waals surface area (Å²) in [7, 11) is -3.59. The van der Waals surface area contributed by atoms with Gasteiger partial charge in [0.2, 0.25) is 21.8 Å². The summed E-state index contributed by atoms with van der Waals surface area (Å²) in [4.78, 5) is 27.7. The van der Waals surface area contributed by atoms with Crippen molar-refractivity contribution in [2.24, 2.45) is 0 Å². The number of benzene rings is 2. The van der Waals surface area contributed by atoms with E-state index in [0.29, 0.717) is 15.7 Å². The zero-order valence-corrected chi connectivity index (χ0v) is 23.0. The summed E-state index contributed by atoms with van der Waals surface area (Å²) < 4.78 is 26.0. The van der Waals surface area contributed by atoms with Crippen LogP contribution in [-0.2, 0) is 26.2 Å². The van der Waals surface area contributed by atoms with Gasteiger partial charge in [0, 0.05) is 35.1 Å². The molecule has 2 aromatic carbocycles. The van der Waals surface area contributed by atoms with E-state index in [1.165, 1.54) is 9.21 Å². The van der Waals surface area contributed by atoms with E-state index >= 15 is 0 Å². The summed E-state index contributed by atoms with van der Waals surface area (Å²) in [5, 5.41) is 3.82. The molecule has 192 valence electrons. The lowest BCUT2D eigenvalue weighted by Crippen LogP contribution is -2.52. The number of rotatable bonds is 10. The van der Waals surface area contributed by atoms with Gasteiger partial charge in [0.05, 0.1) is 11.9 Å². The molecule has 1 atom stereocenters. The average molecular weight is 543 g/mol. The van der Waals surface area contributed by atoms with Gasteiger partial charge in [0.25, 0.3) is 0 Å². The quantitative estimate of drug-likeness (QED) is 0.464. The molecule has 0 saturated carbocycles. The molecule has 0 fully saturated rings. The van der Waals surface area contributed by atoms with E-state index in [9.17, 15) is 18.0 Å². The molecule has 0 bridgehead atoms. The van der Waals surface area contributed by atoms with Crippen LogP contribution in [0.4, 0.5) is 5.69 Å². The Bertz CT molecular complexity index is 1150. The molecule has 2 amide bonds. The van der Waals surface area contributed by atoms with Gasteiger partial charge in [-0.15, -0.1) is 0 Å². The van der Waals surface area contributed by atoms with Gasteiger partial charge in [-0.25, -0.2) is 8.42 Å². The molecule has 10 heteroatoms. The molecular weight excluding hydrogens is 509 g/mol. The Morgan fingerprint density at radius 1 is 1.06 bits per heavy atom. The minimum atomic E-state index is -3.59. The first-order valence-corrected chi connectivity index (χ1v) is 13.9. The fourth-order valence-electron chi connectivity index (χ4n) is 3.50. The first kappa shape index (κ1) is 28.9. The van der Waals surface area contributed by atoms with Crippen LogP contribution in [0.1, 0.15) is 46.1 Å². The molecule has 2 rings (SSSR count). The lowest BCUT2D eigenvalue weighted by molar-refractivity contribution is -0.141. The van der Waals surface area contributed by atoms with E-state index in [-0.39, 0.29) is 37.7 Å². The smallest absolute Gasteiger partial charge is 0.242 e. The number of carbonyl (C=O) groups is 2. The number of sulfonamides is 1. The third kappa shape index (κ3) is 9.02. The number of hydrogen-bond donors (Lipinski definition) is 1. The molecule has 1 unspecified atom stereocenters. The van der Waals surface area contributed by atoms with Crippen molar-refractivity contribution in [3.05, 3.63) is 64.1 Å². The molecule has 2 aromatic rings. The van der Waals surface area contributed by atoms with Crippen LogP contribution >= 0.6 is 23.2 Å². The van der Waals surface area contributed by atoms with Crippen molar-refractivity contribution in [3.8, 4) is 0 Å². The second-order valence-corrected chi connectivity index (χ2v) is 12.2. The van der Waals surface area contributed by atoms with Crippen molar-refractivity contribution in [2.75, 3.05) is 17.1 Å². The molecule has 0 spiro atoms. The number of halogens is 2. The topological polar surface area (TPSA) is 86.8 Å². The number of carbonyl (C=O) groups excluding carboxylic acids is 2.